The second-order valence-electron chi connectivity index (χ2n) is 5.55. The van der Waals surface area contributed by atoms with E-state index < -0.39 is 0 Å². The fraction of sp³-hybridized carbons (Fsp3) is 0.316. The first kappa shape index (κ1) is 21.9. The first-order valence-electron chi connectivity index (χ1n) is 7.95. The molecule has 0 saturated carbocycles. The Hall–Kier alpha value is -2.16. The van der Waals surface area contributed by atoms with Crippen LogP contribution in [0.25, 0.3) is 0 Å². The molecule has 2 aromatic carbocycles. The number of guanidine groups is 1. The first-order valence-corrected chi connectivity index (χ1v) is 7.95. The van der Waals surface area contributed by atoms with E-state index >= 15 is 0 Å². The molecular formula is C19H26IN3O3. The summed E-state index contributed by atoms with van der Waals surface area (Å²) in [5, 5.41) is 3.10. The molecule has 0 spiro atoms. The largest absolute Gasteiger partial charge is 0.496 e. The third-order valence-corrected chi connectivity index (χ3v) is 3.81. The van der Waals surface area contributed by atoms with Crippen LogP contribution in [-0.4, -0.2) is 27.3 Å². The van der Waals surface area contributed by atoms with Gasteiger partial charge in [-0.1, -0.05) is 18.2 Å². The van der Waals surface area contributed by atoms with Crippen LogP contribution in [0.2, 0.25) is 0 Å². The lowest BCUT2D eigenvalue weighted by Gasteiger charge is -2.11. The Morgan fingerprint density at radius 3 is 2.15 bits per heavy atom. The summed E-state index contributed by atoms with van der Waals surface area (Å²) in [7, 11) is 4.89. The molecule has 26 heavy (non-hydrogen) atoms. The maximum absolute atomic E-state index is 5.95. The van der Waals surface area contributed by atoms with Gasteiger partial charge in [0.15, 0.2) is 17.5 Å². The zero-order valence-electron chi connectivity index (χ0n) is 15.5. The number of nitrogens with two attached hydrogens (primary N) is 1. The van der Waals surface area contributed by atoms with E-state index in [1.807, 2.05) is 43.3 Å². The van der Waals surface area contributed by atoms with Crippen molar-refractivity contribution in [2.45, 2.75) is 20.0 Å². The summed E-state index contributed by atoms with van der Waals surface area (Å²) >= 11 is 0. The van der Waals surface area contributed by atoms with Gasteiger partial charge in [0.05, 0.1) is 27.9 Å². The molecular weight excluding hydrogens is 445 g/mol. The van der Waals surface area contributed by atoms with Crippen molar-refractivity contribution in [1.29, 1.82) is 0 Å². The Labute approximate surface area is 171 Å². The van der Waals surface area contributed by atoms with Crippen LogP contribution in [0.15, 0.2) is 41.4 Å². The maximum Gasteiger partial charge on any atom is 0.189 e. The average molecular weight is 471 g/mol. The number of aryl methyl sites for hydroxylation is 1. The molecule has 0 aromatic heterocycles. The van der Waals surface area contributed by atoms with Crippen LogP contribution in [0.1, 0.15) is 16.7 Å². The lowest BCUT2D eigenvalue weighted by molar-refractivity contribution is 0.354. The van der Waals surface area contributed by atoms with Gasteiger partial charge in [0.25, 0.3) is 0 Å². The van der Waals surface area contributed by atoms with Crippen molar-refractivity contribution in [3.63, 3.8) is 0 Å². The van der Waals surface area contributed by atoms with Gasteiger partial charge in [0, 0.05) is 6.54 Å². The highest BCUT2D eigenvalue weighted by Gasteiger charge is 2.05. The van der Waals surface area contributed by atoms with Gasteiger partial charge in [-0.05, 0) is 41.8 Å². The van der Waals surface area contributed by atoms with E-state index in [2.05, 4.69) is 10.3 Å². The van der Waals surface area contributed by atoms with E-state index in [0.717, 1.165) is 22.4 Å². The third-order valence-electron chi connectivity index (χ3n) is 3.81. The molecule has 0 heterocycles. The van der Waals surface area contributed by atoms with Gasteiger partial charge in [0.1, 0.15) is 5.75 Å². The molecule has 0 amide bonds. The van der Waals surface area contributed by atoms with Crippen molar-refractivity contribution in [1.82, 2.24) is 5.32 Å². The highest BCUT2D eigenvalue weighted by atomic mass is 127. The first-order chi connectivity index (χ1) is 12.1. The number of hydrogen-bond acceptors (Lipinski definition) is 4. The molecule has 0 saturated heterocycles. The molecule has 6 nitrogen and oxygen atoms in total. The van der Waals surface area contributed by atoms with Crippen molar-refractivity contribution in [2.75, 3.05) is 21.3 Å². The van der Waals surface area contributed by atoms with E-state index in [9.17, 15) is 0 Å². The highest BCUT2D eigenvalue weighted by Crippen LogP contribution is 2.27. The normalized spacial score (nSPS) is 10.7. The highest BCUT2D eigenvalue weighted by molar-refractivity contribution is 14.0. The number of methoxy groups -OCH3 is 3. The molecule has 0 atom stereocenters. The van der Waals surface area contributed by atoms with Crippen molar-refractivity contribution in [3.05, 3.63) is 53.1 Å². The minimum absolute atomic E-state index is 0. The van der Waals surface area contributed by atoms with E-state index in [-0.39, 0.29) is 24.0 Å². The van der Waals surface area contributed by atoms with E-state index in [1.54, 1.807) is 21.3 Å². The van der Waals surface area contributed by atoms with E-state index in [1.165, 1.54) is 0 Å². The van der Waals surface area contributed by atoms with Crippen LogP contribution < -0.4 is 25.3 Å². The number of halogens is 1. The topological polar surface area (TPSA) is 78.1 Å². The molecule has 142 valence electrons. The van der Waals surface area contributed by atoms with Crippen LogP contribution in [-0.2, 0) is 13.1 Å². The summed E-state index contributed by atoms with van der Waals surface area (Å²) in [6, 6.07) is 11.7. The summed E-state index contributed by atoms with van der Waals surface area (Å²) in [5.41, 5.74) is 9.13. The number of nitrogens with one attached hydrogen (secondary N) is 1. The molecule has 0 unspecified atom stereocenters. The lowest BCUT2D eigenvalue weighted by Crippen LogP contribution is -2.31. The molecule has 0 fully saturated rings. The number of rotatable bonds is 7. The summed E-state index contributed by atoms with van der Waals surface area (Å²) < 4.78 is 15.8. The number of nitrogens with zero attached hydrogens (tertiary/aromatic N) is 1. The summed E-state index contributed by atoms with van der Waals surface area (Å²) in [5.74, 6) is 2.64. The van der Waals surface area contributed by atoms with Gasteiger partial charge in [0.2, 0.25) is 0 Å². The Balaban J connectivity index is 0.00000338. The predicted molar refractivity (Wildman–Crippen MR) is 115 cm³/mol. The Morgan fingerprint density at radius 2 is 1.54 bits per heavy atom. The molecule has 0 aliphatic rings. The minimum Gasteiger partial charge on any atom is -0.496 e. The van der Waals surface area contributed by atoms with Crippen LogP contribution in [0.3, 0.4) is 0 Å². The molecule has 2 aromatic rings. The molecule has 2 rings (SSSR count). The zero-order valence-corrected chi connectivity index (χ0v) is 17.9. The van der Waals surface area contributed by atoms with Gasteiger partial charge >= 0.3 is 0 Å². The summed E-state index contributed by atoms with van der Waals surface area (Å²) in [6.45, 7) is 3.07. The lowest BCUT2D eigenvalue weighted by atomic mass is 10.1. The van der Waals surface area contributed by atoms with E-state index in [0.29, 0.717) is 30.5 Å². The van der Waals surface area contributed by atoms with Gasteiger partial charge in [-0.2, -0.15) is 0 Å². The molecule has 0 aliphatic heterocycles. The Bertz CT molecular complexity index is 751. The Morgan fingerprint density at radius 1 is 0.923 bits per heavy atom. The van der Waals surface area contributed by atoms with Crippen LogP contribution >= 0.6 is 24.0 Å². The monoisotopic (exact) mass is 471 g/mol. The number of hydrogen-bond donors (Lipinski definition) is 2. The SMILES string of the molecule is COc1ccc(CN=C(N)NCc2ccc(OC)c(OC)c2)cc1C.I. The van der Waals surface area contributed by atoms with Crippen LogP contribution in [0.5, 0.6) is 17.2 Å². The number of benzene rings is 2. The molecule has 3 N–H and O–H groups in total. The zero-order chi connectivity index (χ0) is 18.2. The fourth-order valence-corrected chi connectivity index (χ4v) is 2.45. The smallest absolute Gasteiger partial charge is 0.189 e. The second-order valence-corrected chi connectivity index (χ2v) is 5.55. The summed E-state index contributed by atoms with van der Waals surface area (Å²) in [6.07, 6.45) is 0. The van der Waals surface area contributed by atoms with Crippen molar-refractivity contribution in [3.8, 4) is 17.2 Å². The van der Waals surface area contributed by atoms with Crippen LogP contribution in [0, 0.1) is 6.92 Å². The Kier molecular flexibility index (Phi) is 9.04. The predicted octanol–water partition coefficient (Wildman–Crippen LogP) is 3.24. The summed E-state index contributed by atoms with van der Waals surface area (Å²) in [4.78, 5) is 4.37. The standard InChI is InChI=1S/C19H25N3O3.HI/c1-13-9-14(5-7-16(13)23-2)11-21-19(20)22-12-15-6-8-17(24-3)18(10-15)25-4;/h5-10H,11-12H2,1-4H3,(H3,20,21,22);1H. The molecule has 7 heteroatoms. The second kappa shape index (κ2) is 10.7. The van der Waals surface area contributed by atoms with Crippen molar-refractivity contribution < 1.29 is 14.2 Å². The van der Waals surface area contributed by atoms with E-state index in [4.69, 9.17) is 19.9 Å². The van der Waals surface area contributed by atoms with Crippen molar-refractivity contribution in [2.24, 2.45) is 10.7 Å². The fourth-order valence-electron chi connectivity index (χ4n) is 2.45. The number of aliphatic imine (C=N–C) groups is 1. The maximum atomic E-state index is 5.95. The van der Waals surface area contributed by atoms with Gasteiger partial charge < -0.3 is 25.3 Å². The molecule has 0 aliphatic carbocycles. The van der Waals surface area contributed by atoms with Crippen molar-refractivity contribution >= 4 is 29.9 Å². The third kappa shape index (κ3) is 5.98. The molecule has 0 radical (unpaired) electrons. The van der Waals surface area contributed by atoms with Gasteiger partial charge in [-0.25, -0.2) is 4.99 Å². The van der Waals surface area contributed by atoms with Gasteiger partial charge in [-0.15, -0.1) is 24.0 Å². The molecule has 0 bridgehead atoms. The average Bonchev–Trinajstić information content (AvgIpc) is 2.64. The van der Waals surface area contributed by atoms with Gasteiger partial charge in [-0.3, -0.25) is 0 Å². The van der Waals surface area contributed by atoms with Crippen LogP contribution in [0.4, 0.5) is 0 Å². The number of ether oxygens (including phenoxy) is 3. The minimum atomic E-state index is 0. The quantitative estimate of drug-likeness (QED) is 0.369.